The van der Waals surface area contributed by atoms with Crippen LogP contribution in [0.2, 0.25) is 0 Å². The molecular weight excluding hydrogens is 313 g/mol. The van der Waals surface area contributed by atoms with Crippen molar-refractivity contribution in [2.75, 3.05) is 11.6 Å². The number of hydrogen-bond acceptors (Lipinski definition) is 3. The number of thioether (sulfide) groups is 1. The standard InChI is InChI=1S/C13H10ClF3O2S/c14-6-10-7-20-12(19-10)5-11(18)8-1-3-9(4-2-8)13(15,16)17/h1-5,10H,6-7H2/b12-5-. The van der Waals surface area contributed by atoms with Crippen LogP contribution in [-0.4, -0.2) is 23.5 Å². The van der Waals surface area contributed by atoms with Crippen LogP contribution < -0.4 is 0 Å². The average molecular weight is 323 g/mol. The predicted octanol–water partition coefficient (Wildman–Crippen LogP) is 4.10. The van der Waals surface area contributed by atoms with Crippen LogP contribution in [0.1, 0.15) is 15.9 Å². The minimum absolute atomic E-state index is 0.131. The second-order valence-corrected chi connectivity index (χ2v) is 5.44. The highest BCUT2D eigenvalue weighted by molar-refractivity contribution is 8.03. The van der Waals surface area contributed by atoms with Gasteiger partial charge in [0.1, 0.15) is 6.10 Å². The molecule has 0 aliphatic carbocycles. The van der Waals surface area contributed by atoms with Crippen molar-refractivity contribution >= 4 is 29.1 Å². The van der Waals surface area contributed by atoms with Crippen molar-refractivity contribution in [2.45, 2.75) is 12.3 Å². The molecule has 0 N–H and O–H groups in total. The van der Waals surface area contributed by atoms with Gasteiger partial charge in [0.2, 0.25) is 0 Å². The molecule has 0 bridgehead atoms. The SMILES string of the molecule is O=C(/C=C1/OC(CCl)CS1)c1ccc(C(F)(F)F)cc1. The van der Waals surface area contributed by atoms with Gasteiger partial charge >= 0.3 is 6.18 Å². The fourth-order valence-corrected chi connectivity index (χ4v) is 2.81. The second kappa shape index (κ2) is 6.10. The molecule has 7 heteroatoms. The summed E-state index contributed by atoms with van der Waals surface area (Å²) >= 11 is 6.99. The lowest BCUT2D eigenvalue weighted by Crippen LogP contribution is -2.09. The first-order valence-corrected chi connectivity index (χ1v) is 7.21. The van der Waals surface area contributed by atoms with Crippen LogP contribution in [0.3, 0.4) is 0 Å². The molecule has 1 aromatic carbocycles. The first-order valence-electron chi connectivity index (χ1n) is 5.69. The van der Waals surface area contributed by atoms with E-state index in [0.29, 0.717) is 16.7 Å². The fourth-order valence-electron chi connectivity index (χ4n) is 1.57. The lowest BCUT2D eigenvalue weighted by Gasteiger charge is -2.06. The quantitative estimate of drug-likeness (QED) is 0.476. The van der Waals surface area contributed by atoms with E-state index in [9.17, 15) is 18.0 Å². The third-order valence-electron chi connectivity index (χ3n) is 2.61. The Bertz CT molecular complexity index is 525. The van der Waals surface area contributed by atoms with Gasteiger partial charge in [-0.3, -0.25) is 4.79 Å². The molecule has 1 atom stereocenters. The van der Waals surface area contributed by atoms with Gasteiger partial charge in [-0.2, -0.15) is 13.2 Å². The molecule has 1 aliphatic rings. The van der Waals surface area contributed by atoms with E-state index in [0.717, 1.165) is 24.3 Å². The Kier molecular flexibility index (Phi) is 4.65. The first-order chi connectivity index (χ1) is 9.40. The molecule has 0 spiro atoms. The first kappa shape index (κ1) is 15.3. The summed E-state index contributed by atoms with van der Waals surface area (Å²) in [4.78, 5) is 11.9. The molecule has 1 fully saturated rings. The number of ketones is 1. The number of carbonyl (C=O) groups is 1. The normalized spacial score (nSPS) is 21.0. The van der Waals surface area contributed by atoms with Gasteiger partial charge in [-0.25, -0.2) is 0 Å². The highest BCUT2D eigenvalue weighted by Gasteiger charge is 2.30. The number of carbonyl (C=O) groups excluding carboxylic acids is 1. The van der Waals surface area contributed by atoms with E-state index in [1.165, 1.54) is 17.8 Å². The molecule has 0 saturated carbocycles. The van der Waals surface area contributed by atoms with Crippen molar-refractivity contribution in [3.63, 3.8) is 0 Å². The number of alkyl halides is 4. The molecular formula is C13H10ClF3O2S. The van der Waals surface area contributed by atoms with Crippen LogP contribution in [-0.2, 0) is 10.9 Å². The molecule has 1 aromatic rings. The van der Waals surface area contributed by atoms with Crippen molar-refractivity contribution in [2.24, 2.45) is 0 Å². The summed E-state index contributed by atoms with van der Waals surface area (Å²) in [5.74, 6) is 0.602. The number of benzene rings is 1. The Balaban J connectivity index is 2.09. The van der Waals surface area contributed by atoms with E-state index in [-0.39, 0.29) is 11.7 Å². The van der Waals surface area contributed by atoms with Gasteiger partial charge in [0.25, 0.3) is 0 Å². The third-order valence-corrected chi connectivity index (χ3v) is 3.99. The number of ether oxygens (including phenoxy) is 1. The van der Waals surface area contributed by atoms with Crippen LogP contribution >= 0.6 is 23.4 Å². The van der Waals surface area contributed by atoms with Gasteiger partial charge in [-0.05, 0) is 12.1 Å². The van der Waals surface area contributed by atoms with E-state index in [2.05, 4.69) is 0 Å². The summed E-state index contributed by atoms with van der Waals surface area (Å²) in [6, 6.07) is 4.08. The maximum absolute atomic E-state index is 12.4. The molecule has 0 aromatic heterocycles. The summed E-state index contributed by atoms with van der Waals surface area (Å²) in [7, 11) is 0. The third kappa shape index (κ3) is 3.70. The van der Waals surface area contributed by atoms with E-state index < -0.39 is 17.5 Å². The predicted molar refractivity (Wildman–Crippen MR) is 71.9 cm³/mol. The molecule has 0 amide bonds. The van der Waals surface area contributed by atoms with E-state index in [4.69, 9.17) is 16.3 Å². The monoisotopic (exact) mass is 322 g/mol. The summed E-state index contributed by atoms with van der Waals surface area (Å²) in [5.41, 5.74) is -0.598. The average Bonchev–Trinajstić information content (AvgIpc) is 2.85. The minimum Gasteiger partial charge on any atom is -0.482 e. The lowest BCUT2D eigenvalue weighted by atomic mass is 10.1. The molecule has 0 radical (unpaired) electrons. The van der Waals surface area contributed by atoms with Crippen LogP contribution in [0.25, 0.3) is 0 Å². The van der Waals surface area contributed by atoms with Gasteiger partial charge < -0.3 is 4.74 Å². The maximum Gasteiger partial charge on any atom is 0.416 e. The molecule has 2 nitrogen and oxygen atoms in total. The van der Waals surface area contributed by atoms with Gasteiger partial charge in [-0.1, -0.05) is 23.9 Å². The van der Waals surface area contributed by atoms with Gasteiger partial charge in [-0.15, -0.1) is 11.6 Å². The Morgan fingerprint density at radius 1 is 1.40 bits per heavy atom. The molecule has 1 unspecified atom stereocenters. The van der Waals surface area contributed by atoms with Crippen molar-refractivity contribution in [1.29, 1.82) is 0 Å². The fraction of sp³-hybridized carbons (Fsp3) is 0.308. The zero-order valence-electron chi connectivity index (χ0n) is 10.1. The Hall–Kier alpha value is -1.14. The van der Waals surface area contributed by atoms with Crippen LogP contribution in [0.5, 0.6) is 0 Å². The van der Waals surface area contributed by atoms with Crippen LogP contribution in [0.15, 0.2) is 35.4 Å². The van der Waals surface area contributed by atoms with Gasteiger partial charge in [0.15, 0.2) is 10.9 Å². The zero-order valence-corrected chi connectivity index (χ0v) is 11.7. The van der Waals surface area contributed by atoms with E-state index >= 15 is 0 Å². The second-order valence-electron chi connectivity index (χ2n) is 4.11. The number of halogens is 4. The molecule has 1 heterocycles. The molecule has 2 rings (SSSR count). The van der Waals surface area contributed by atoms with Gasteiger partial charge in [0.05, 0.1) is 11.4 Å². The van der Waals surface area contributed by atoms with Crippen LogP contribution in [0, 0.1) is 0 Å². The van der Waals surface area contributed by atoms with Crippen molar-refractivity contribution in [3.05, 3.63) is 46.6 Å². The van der Waals surface area contributed by atoms with Crippen molar-refractivity contribution in [3.8, 4) is 0 Å². The topological polar surface area (TPSA) is 26.3 Å². The lowest BCUT2D eigenvalue weighted by molar-refractivity contribution is -0.137. The summed E-state index contributed by atoms with van der Waals surface area (Å²) in [6.45, 7) is 0. The molecule has 1 aliphatic heterocycles. The van der Waals surface area contributed by atoms with Crippen molar-refractivity contribution < 1.29 is 22.7 Å². The summed E-state index contributed by atoms with van der Waals surface area (Å²) < 4.78 is 42.6. The largest absolute Gasteiger partial charge is 0.482 e. The Morgan fingerprint density at radius 2 is 2.05 bits per heavy atom. The number of hydrogen-bond donors (Lipinski definition) is 0. The molecule has 108 valence electrons. The summed E-state index contributed by atoms with van der Waals surface area (Å²) in [5, 5.41) is 0.445. The summed E-state index contributed by atoms with van der Waals surface area (Å²) in [6.07, 6.45) is -3.26. The Labute approximate surface area is 122 Å². The molecule has 20 heavy (non-hydrogen) atoms. The number of rotatable bonds is 3. The van der Waals surface area contributed by atoms with E-state index in [1.807, 2.05) is 0 Å². The Morgan fingerprint density at radius 3 is 2.55 bits per heavy atom. The smallest absolute Gasteiger partial charge is 0.416 e. The zero-order chi connectivity index (χ0) is 14.8. The molecule has 1 saturated heterocycles. The maximum atomic E-state index is 12.4. The van der Waals surface area contributed by atoms with E-state index in [1.54, 1.807) is 0 Å². The highest BCUT2D eigenvalue weighted by Crippen LogP contribution is 2.31. The van der Waals surface area contributed by atoms with Crippen molar-refractivity contribution in [1.82, 2.24) is 0 Å². The number of allylic oxidation sites excluding steroid dienone is 1. The highest BCUT2D eigenvalue weighted by atomic mass is 35.5. The minimum atomic E-state index is -4.40. The van der Waals surface area contributed by atoms with Gasteiger partial charge in [0, 0.05) is 17.4 Å². The van der Waals surface area contributed by atoms with Crippen LogP contribution in [0.4, 0.5) is 13.2 Å².